The maximum atomic E-state index is 13.0. The fraction of sp³-hybridized carbons (Fsp3) is 0.0588. The van der Waals surface area contributed by atoms with E-state index in [0.717, 1.165) is 12.1 Å². The van der Waals surface area contributed by atoms with Gasteiger partial charge in [-0.25, -0.2) is 9.18 Å². The molecular formula is C17H12Cl2FNO3. The van der Waals surface area contributed by atoms with E-state index in [1.54, 1.807) is 18.2 Å². The second-order valence-corrected chi connectivity index (χ2v) is 5.43. The van der Waals surface area contributed by atoms with Crippen LogP contribution >= 0.6 is 23.2 Å². The Labute approximate surface area is 147 Å². The van der Waals surface area contributed by atoms with Crippen molar-refractivity contribution in [3.05, 3.63) is 70.0 Å². The molecule has 24 heavy (non-hydrogen) atoms. The molecule has 1 amide bonds. The van der Waals surface area contributed by atoms with Crippen molar-refractivity contribution in [3.63, 3.8) is 0 Å². The molecule has 0 fully saturated rings. The molecule has 7 heteroatoms. The Morgan fingerprint density at radius 2 is 1.92 bits per heavy atom. The Bertz CT molecular complexity index is 793. The number of anilines is 1. The predicted molar refractivity (Wildman–Crippen MR) is 91.5 cm³/mol. The fourth-order valence-corrected chi connectivity index (χ4v) is 2.13. The largest absolute Gasteiger partial charge is 0.452 e. The maximum absolute atomic E-state index is 13.0. The van der Waals surface area contributed by atoms with Gasteiger partial charge in [0, 0.05) is 11.8 Å². The first-order valence-electron chi connectivity index (χ1n) is 6.80. The maximum Gasteiger partial charge on any atom is 0.331 e. The highest BCUT2D eigenvalue weighted by Crippen LogP contribution is 2.26. The minimum Gasteiger partial charge on any atom is -0.452 e. The van der Waals surface area contributed by atoms with Gasteiger partial charge in [-0.05, 0) is 35.9 Å². The van der Waals surface area contributed by atoms with Crippen LogP contribution in [0.3, 0.4) is 0 Å². The molecule has 0 aliphatic carbocycles. The van der Waals surface area contributed by atoms with Gasteiger partial charge in [-0.3, -0.25) is 4.79 Å². The van der Waals surface area contributed by atoms with Crippen molar-refractivity contribution >= 4 is 46.8 Å². The first-order valence-corrected chi connectivity index (χ1v) is 7.55. The monoisotopic (exact) mass is 367 g/mol. The second kappa shape index (κ2) is 8.47. The highest BCUT2D eigenvalue weighted by molar-refractivity contribution is 6.42. The van der Waals surface area contributed by atoms with Gasteiger partial charge in [0.2, 0.25) is 0 Å². The average molecular weight is 368 g/mol. The van der Waals surface area contributed by atoms with Crippen LogP contribution in [0.4, 0.5) is 10.1 Å². The number of rotatable bonds is 5. The summed E-state index contributed by atoms with van der Waals surface area (Å²) >= 11 is 11.8. The van der Waals surface area contributed by atoms with Gasteiger partial charge in [0.1, 0.15) is 5.82 Å². The number of nitrogens with one attached hydrogen (secondary N) is 1. The molecule has 1 N–H and O–H groups in total. The zero-order valence-corrected chi connectivity index (χ0v) is 13.8. The van der Waals surface area contributed by atoms with E-state index in [1.165, 1.54) is 24.3 Å². The molecule has 2 aromatic rings. The van der Waals surface area contributed by atoms with Crippen LogP contribution in [0.1, 0.15) is 5.56 Å². The Morgan fingerprint density at radius 1 is 1.17 bits per heavy atom. The van der Waals surface area contributed by atoms with E-state index in [-0.39, 0.29) is 5.69 Å². The Kier molecular flexibility index (Phi) is 6.35. The van der Waals surface area contributed by atoms with Crippen molar-refractivity contribution in [2.24, 2.45) is 0 Å². The molecule has 0 bridgehead atoms. The molecule has 0 saturated heterocycles. The minimum absolute atomic E-state index is 0.275. The molecule has 4 nitrogen and oxygen atoms in total. The SMILES string of the molecule is O=C(COC(=O)C=Cc1cccc(Cl)c1Cl)Nc1cccc(F)c1. The third-order valence-electron chi connectivity index (χ3n) is 2.83. The number of ether oxygens (including phenoxy) is 1. The molecule has 0 heterocycles. The standard InChI is InChI=1S/C17H12Cl2FNO3/c18-14-6-1-3-11(17(14)19)7-8-16(23)24-10-15(22)21-13-5-2-4-12(20)9-13/h1-9H,10H2,(H,21,22). The van der Waals surface area contributed by atoms with Crippen LogP contribution in [0.15, 0.2) is 48.5 Å². The van der Waals surface area contributed by atoms with Crippen molar-refractivity contribution < 1.29 is 18.7 Å². The second-order valence-electron chi connectivity index (χ2n) is 4.64. The summed E-state index contributed by atoms with van der Waals surface area (Å²) in [7, 11) is 0. The van der Waals surface area contributed by atoms with Crippen LogP contribution < -0.4 is 5.32 Å². The molecule has 0 unspecified atom stereocenters. The van der Waals surface area contributed by atoms with Gasteiger partial charge in [-0.1, -0.05) is 41.4 Å². The van der Waals surface area contributed by atoms with E-state index in [2.05, 4.69) is 5.32 Å². The highest BCUT2D eigenvalue weighted by atomic mass is 35.5. The predicted octanol–water partition coefficient (Wildman–Crippen LogP) is 4.33. The molecule has 0 saturated carbocycles. The van der Waals surface area contributed by atoms with Crippen LogP contribution in [0.2, 0.25) is 10.0 Å². The number of amides is 1. The summed E-state index contributed by atoms with van der Waals surface area (Å²) < 4.78 is 17.8. The van der Waals surface area contributed by atoms with E-state index >= 15 is 0 Å². The number of esters is 1. The Balaban J connectivity index is 1.85. The van der Waals surface area contributed by atoms with Crippen LogP contribution in [0, 0.1) is 5.82 Å². The summed E-state index contributed by atoms with van der Waals surface area (Å²) in [5, 5.41) is 3.08. The molecule has 124 valence electrons. The summed E-state index contributed by atoms with van der Waals surface area (Å²) in [5.74, 6) is -1.78. The van der Waals surface area contributed by atoms with E-state index in [0.29, 0.717) is 15.6 Å². The molecule has 2 aromatic carbocycles. The summed E-state index contributed by atoms with van der Waals surface area (Å²) in [6, 6.07) is 10.4. The lowest BCUT2D eigenvalue weighted by atomic mass is 10.2. The normalized spacial score (nSPS) is 10.6. The van der Waals surface area contributed by atoms with Gasteiger partial charge in [0.05, 0.1) is 10.0 Å². The van der Waals surface area contributed by atoms with Crippen LogP contribution in [-0.4, -0.2) is 18.5 Å². The van der Waals surface area contributed by atoms with Crippen molar-refractivity contribution in [3.8, 4) is 0 Å². The smallest absolute Gasteiger partial charge is 0.331 e. The molecule has 0 aliphatic rings. The van der Waals surface area contributed by atoms with Gasteiger partial charge < -0.3 is 10.1 Å². The molecule has 0 atom stereocenters. The van der Waals surface area contributed by atoms with Gasteiger partial charge in [-0.2, -0.15) is 0 Å². The zero-order chi connectivity index (χ0) is 17.5. The number of hydrogen-bond acceptors (Lipinski definition) is 3. The molecule has 0 aromatic heterocycles. The van der Waals surface area contributed by atoms with Crippen molar-refractivity contribution in [2.45, 2.75) is 0 Å². The fourth-order valence-electron chi connectivity index (χ4n) is 1.76. The Hall–Kier alpha value is -2.37. The number of carbonyl (C=O) groups is 2. The van der Waals surface area contributed by atoms with Gasteiger partial charge >= 0.3 is 5.97 Å². The lowest BCUT2D eigenvalue weighted by Gasteiger charge is -2.05. The van der Waals surface area contributed by atoms with E-state index in [1.807, 2.05) is 0 Å². The number of halogens is 3. The number of carbonyl (C=O) groups excluding carboxylic acids is 2. The van der Waals surface area contributed by atoms with Gasteiger partial charge in [0.25, 0.3) is 5.91 Å². The van der Waals surface area contributed by atoms with Gasteiger partial charge in [0.15, 0.2) is 6.61 Å². The third-order valence-corrected chi connectivity index (χ3v) is 3.67. The highest BCUT2D eigenvalue weighted by Gasteiger charge is 2.07. The summed E-state index contributed by atoms with van der Waals surface area (Å²) in [4.78, 5) is 23.2. The number of hydrogen-bond donors (Lipinski definition) is 1. The molecule has 0 aliphatic heterocycles. The van der Waals surface area contributed by atoms with Crippen molar-refractivity contribution in [1.82, 2.24) is 0 Å². The summed E-state index contributed by atoms with van der Waals surface area (Å²) in [6.45, 7) is -0.497. The van der Waals surface area contributed by atoms with E-state index in [4.69, 9.17) is 27.9 Å². The average Bonchev–Trinajstić information content (AvgIpc) is 2.54. The lowest BCUT2D eigenvalue weighted by Crippen LogP contribution is -2.20. The lowest BCUT2D eigenvalue weighted by molar-refractivity contribution is -0.142. The minimum atomic E-state index is -0.722. The van der Waals surface area contributed by atoms with E-state index in [9.17, 15) is 14.0 Å². The quantitative estimate of drug-likeness (QED) is 0.632. The first-order chi connectivity index (χ1) is 11.5. The molecule has 2 rings (SSSR count). The van der Waals surface area contributed by atoms with E-state index < -0.39 is 24.3 Å². The van der Waals surface area contributed by atoms with Gasteiger partial charge in [-0.15, -0.1) is 0 Å². The summed E-state index contributed by atoms with van der Waals surface area (Å²) in [5.41, 5.74) is 0.822. The topological polar surface area (TPSA) is 55.4 Å². The van der Waals surface area contributed by atoms with Crippen LogP contribution in [0.5, 0.6) is 0 Å². The van der Waals surface area contributed by atoms with Crippen molar-refractivity contribution in [2.75, 3.05) is 11.9 Å². The molecule has 0 spiro atoms. The first kappa shape index (κ1) is 18.0. The molecule has 0 radical (unpaired) electrons. The number of benzene rings is 2. The zero-order valence-electron chi connectivity index (χ0n) is 12.3. The van der Waals surface area contributed by atoms with Crippen LogP contribution in [-0.2, 0) is 14.3 Å². The molecular weight excluding hydrogens is 356 g/mol. The summed E-state index contributed by atoms with van der Waals surface area (Å²) in [6.07, 6.45) is 2.56. The van der Waals surface area contributed by atoms with Crippen molar-refractivity contribution in [1.29, 1.82) is 0 Å². The third kappa shape index (κ3) is 5.37. The Morgan fingerprint density at radius 3 is 2.67 bits per heavy atom. The van der Waals surface area contributed by atoms with Crippen LogP contribution in [0.25, 0.3) is 6.08 Å².